The minimum absolute atomic E-state index is 0.336. The zero-order valence-electron chi connectivity index (χ0n) is 18.9. The fraction of sp³-hybridized carbons (Fsp3) is 0.241. The van der Waals surface area contributed by atoms with Crippen molar-refractivity contribution in [2.75, 3.05) is 18.0 Å². The van der Waals surface area contributed by atoms with Crippen molar-refractivity contribution in [3.63, 3.8) is 0 Å². The summed E-state index contributed by atoms with van der Waals surface area (Å²) in [4.78, 5) is 2.26. The molecule has 0 radical (unpaired) electrons. The summed E-state index contributed by atoms with van der Waals surface area (Å²) in [6, 6.07) is 36.3. The van der Waals surface area contributed by atoms with Crippen LogP contribution in [0.25, 0.3) is 0 Å². The summed E-state index contributed by atoms with van der Waals surface area (Å²) < 4.78 is 2.10. The molecule has 1 aliphatic rings. The zero-order chi connectivity index (χ0) is 22.7. The third kappa shape index (κ3) is 3.70. The number of piperidine rings is 1. The van der Waals surface area contributed by atoms with Gasteiger partial charge < -0.3 is 4.90 Å². The number of hydrogen-bond donors (Lipinski definition) is 0. The van der Waals surface area contributed by atoms with Crippen LogP contribution in [0.15, 0.2) is 103 Å². The summed E-state index contributed by atoms with van der Waals surface area (Å²) in [5.41, 5.74) is 2.50. The maximum Gasteiger partial charge on any atom is 0.150 e. The standard InChI is InChI=1S/C29H28N4/c1-28(22-30)19-11-20-32(23-28)27-18-21-33(31-27)29(24-12-5-2-6-13-24,25-14-7-3-8-15-25)26-16-9-4-10-17-26/h2-10,12-18,21H,11,19-20,23H2,1H3. The van der Waals surface area contributed by atoms with Crippen molar-refractivity contribution in [3.8, 4) is 6.07 Å². The highest BCUT2D eigenvalue weighted by molar-refractivity contribution is 5.51. The minimum atomic E-state index is -0.615. The molecule has 0 spiro atoms. The molecule has 33 heavy (non-hydrogen) atoms. The predicted molar refractivity (Wildman–Crippen MR) is 132 cm³/mol. The van der Waals surface area contributed by atoms with Crippen LogP contribution in [0, 0.1) is 16.7 Å². The van der Waals surface area contributed by atoms with E-state index in [0.29, 0.717) is 6.54 Å². The van der Waals surface area contributed by atoms with E-state index in [1.54, 1.807) is 0 Å². The van der Waals surface area contributed by atoms with E-state index in [9.17, 15) is 5.26 Å². The lowest BCUT2D eigenvalue weighted by Gasteiger charge is -2.37. The molecule has 2 heterocycles. The first kappa shape index (κ1) is 21.0. The van der Waals surface area contributed by atoms with Crippen LogP contribution in [-0.2, 0) is 5.54 Å². The molecule has 1 saturated heterocycles. The van der Waals surface area contributed by atoms with Gasteiger partial charge >= 0.3 is 0 Å². The van der Waals surface area contributed by atoms with E-state index in [2.05, 4.69) is 126 Å². The molecule has 1 unspecified atom stereocenters. The molecule has 1 aromatic heterocycles. The molecular formula is C29H28N4. The van der Waals surface area contributed by atoms with E-state index in [1.165, 1.54) is 0 Å². The molecule has 4 nitrogen and oxygen atoms in total. The summed E-state index contributed by atoms with van der Waals surface area (Å²) >= 11 is 0. The van der Waals surface area contributed by atoms with Crippen LogP contribution < -0.4 is 4.90 Å². The number of anilines is 1. The second-order valence-corrected chi connectivity index (χ2v) is 9.12. The summed E-state index contributed by atoms with van der Waals surface area (Å²) in [6.45, 7) is 3.68. The smallest absolute Gasteiger partial charge is 0.150 e. The number of benzene rings is 3. The second kappa shape index (κ2) is 8.60. The average Bonchev–Trinajstić information content (AvgIpc) is 3.37. The van der Waals surface area contributed by atoms with E-state index in [0.717, 1.165) is 41.9 Å². The van der Waals surface area contributed by atoms with Crippen molar-refractivity contribution in [3.05, 3.63) is 120 Å². The molecular weight excluding hydrogens is 404 g/mol. The van der Waals surface area contributed by atoms with E-state index >= 15 is 0 Å². The van der Waals surface area contributed by atoms with E-state index in [-0.39, 0.29) is 5.41 Å². The van der Waals surface area contributed by atoms with Gasteiger partial charge in [-0.15, -0.1) is 0 Å². The Morgan fingerprint density at radius 1 is 0.818 bits per heavy atom. The third-order valence-corrected chi connectivity index (χ3v) is 6.78. The lowest BCUT2D eigenvalue weighted by atomic mass is 9.77. The number of nitrogens with zero attached hydrogens (tertiary/aromatic N) is 4. The SMILES string of the molecule is CC1(C#N)CCCN(c2ccn(C(c3ccccc3)(c3ccccc3)c3ccccc3)n2)C1. The van der Waals surface area contributed by atoms with Crippen molar-refractivity contribution >= 4 is 5.82 Å². The largest absolute Gasteiger partial charge is 0.354 e. The van der Waals surface area contributed by atoms with Gasteiger partial charge in [-0.1, -0.05) is 91.0 Å². The highest BCUT2D eigenvalue weighted by Gasteiger charge is 2.40. The number of hydrogen-bond acceptors (Lipinski definition) is 3. The number of rotatable bonds is 5. The molecule has 5 rings (SSSR count). The average molecular weight is 433 g/mol. The first-order valence-electron chi connectivity index (χ1n) is 11.5. The molecule has 1 aliphatic heterocycles. The molecule has 1 atom stereocenters. The third-order valence-electron chi connectivity index (χ3n) is 6.78. The molecule has 0 saturated carbocycles. The zero-order valence-corrected chi connectivity index (χ0v) is 18.9. The fourth-order valence-electron chi connectivity index (χ4n) is 5.13. The highest BCUT2D eigenvalue weighted by Crippen LogP contribution is 2.41. The number of aromatic nitrogens is 2. The minimum Gasteiger partial charge on any atom is -0.354 e. The van der Waals surface area contributed by atoms with Gasteiger partial charge in [0.05, 0.1) is 11.5 Å². The Kier molecular flexibility index (Phi) is 5.48. The van der Waals surface area contributed by atoms with Crippen molar-refractivity contribution in [1.29, 1.82) is 5.26 Å². The topological polar surface area (TPSA) is 44.9 Å². The van der Waals surface area contributed by atoms with Crippen molar-refractivity contribution in [1.82, 2.24) is 9.78 Å². The lowest BCUT2D eigenvalue weighted by molar-refractivity contribution is 0.346. The van der Waals surface area contributed by atoms with Gasteiger partial charge in [-0.3, -0.25) is 4.68 Å². The van der Waals surface area contributed by atoms with Gasteiger partial charge in [-0.25, -0.2) is 0 Å². The van der Waals surface area contributed by atoms with Crippen molar-refractivity contribution in [2.24, 2.45) is 5.41 Å². The quantitative estimate of drug-likeness (QED) is 0.371. The van der Waals surface area contributed by atoms with Crippen LogP contribution in [0.1, 0.15) is 36.5 Å². The first-order chi connectivity index (χ1) is 16.2. The molecule has 164 valence electrons. The summed E-state index contributed by atoms with van der Waals surface area (Å²) in [5.74, 6) is 0.920. The van der Waals surface area contributed by atoms with Gasteiger partial charge in [-0.2, -0.15) is 10.4 Å². The van der Waals surface area contributed by atoms with Gasteiger partial charge in [-0.05, 0) is 36.5 Å². The van der Waals surface area contributed by atoms with Gasteiger partial charge in [0.15, 0.2) is 5.82 Å². The predicted octanol–water partition coefficient (Wildman–Crippen LogP) is 5.85. The summed E-state index contributed by atoms with van der Waals surface area (Å²) in [7, 11) is 0. The maximum atomic E-state index is 9.69. The monoisotopic (exact) mass is 432 g/mol. The van der Waals surface area contributed by atoms with E-state index in [4.69, 9.17) is 5.10 Å². The lowest BCUT2D eigenvalue weighted by Crippen LogP contribution is -2.42. The Morgan fingerprint density at radius 3 is 1.82 bits per heavy atom. The maximum absolute atomic E-state index is 9.69. The first-order valence-corrected chi connectivity index (χ1v) is 11.5. The fourth-order valence-corrected chi connectivity index (χ4v) is 5.13. The van der Waals surface area contributed by atoms with Crippen LogP contribution in [0.2, 0.25) is 0 Å². The van der Waals surface area contributed by atoms with Crippen LogP contribution >= 0.6 is 0 Å². The Bertz CT molecular complexity index is 1140. The number of nitriles is 1. The molecule has 4 aromatic rings. The Balaban J connectivity index is 1.71. The van der Waals surface area contributed by atoms with E-state index in [1.807, 2.05) is 0 Å². The molecule has 0 N–H and O–H groups in total. The molecule has 0 bridgehead atoms. The van der Waals surface area contributed by atoms with Gasteiger partial charge in [0, 0.05) is 25.4 Å². The Morgan fingerprint density at radius 2 is 1.33 bits per heavy atom. The second-order valence-electron chi connectivity index (χ2n) is 9.12. The van der Waals surface area contributed by atoms with Crippen LogP contribution in [0.4, 0.5) is 5.82 Å². The Labute approximate surface area is 195 Å². The van der Waals surface area contributed by atoms with Gasteiger partial charge in [0.25, 0.3) is 0 Å². The normalized spacial score (nSPS) is 18.6. The summed E-state index contributed by atoms with van der Waals surface area (Å²) in [5, 5.41) is 14.9. The summed E-state index contributed by atoms with van der Waals surface area (Å²) in [6.07, 6.45) is 4.02. The van der Waals surface area contributed by atoms with Crippen LogP contribution in [-0.4, -0.2) is 22.9 Å². The molecule has 3 aromatic carbocycles. The Hall–Kier alpha value is -3.84. The molecule has 4 heteroatoms. The van der Waals surface area contributed by atoms with Crippen LogP contribution in [0.3, 0.4) is 0 Å². The van der Waals surface area contributed by atoms with Crippen molar-refractivity contribution < 1.29 is 0 Å². The van der Waals surface area contributed by atoms with Crippen LogP contribution in [0.5, 0.6) is 0 Å². The van der Waals surface area contributed by atoms with Crippen molar-refractivity contribution in [2.45, 2.75) is 25.3 Å². The highest BCUT2D eigenvalue weighted by atomic mass is 15.4. The molecule has 1 fully saturated rings. The van der Waals surface area contributed by atoms with Gasteiger partial charge in [0.1, 0.15) is 5.54 Å². The molecule has 0 aliphatic carbocycles. The van der Waals surface area contributed by atoms with E-state index < -0.39 is 5.54 Å². The van der Waals surface area contributed by atoms with Gasteiger partial charge in [0.2, 0.25) is 0 Å². The molecule has 0 amide bonds.